The van der Waals surface area contributed by atoms with E-state index in [4.69, 9.17) is 4.42 Å². The third-order valence-electron chi connectivity index (χ3n) is 4.44. The Morgan fingerprint density at radius 2 is 1.79 bits per heavy atom. The predicted molar refractivity (Wildman–Crippen MR) is 127 cm³/mol. The van der Waals surface area contributed by atoms with Gasteiger partial charge in [0, 0.05) is 25.8 Å². The van der Waals surface area contributed by atoms with E-state index in [2.05, 4.69) is 20.9 Å². The molecule has 0 spiro atoms. The molecular weight excluding hydrogens is 555 g/mol. The molecular formula is C22H21F4IN4O2. The summed E-state index contributed by atoms with van der Waals surface area (Å²) < 4.78 is 57.7. The fourth-order valence-electron chi connectivity index (χ4n) is 2.91. The summed E-state index contributed by atoms with van der Waals surface area (Å²) in [4.78, 5) is 16.1. The summed E-state index contributed by atoms with van der Waals surface area (Å²) >= 11 is 0. The number of nitrogens with one attached hydrogen (secondary N) is 3. The third kappa shape index (κ3) is 7.48. The van der Waals surface area contributed by atoms with Crippen molar-refractivity contribution in [1.29, 1.82) is 0 Å². The van der Waals surface area contributed by atoms with Crippen LogP contribution in [-0.2, 0) is 19.3 Å². The topological polar surface area (TPSA) is 78.7 Å². The molecule has 0 atom stereocenters. The van der Waals surface area contributed by atoms with Gasteiger partial charge < -0.3 is 20.4 Å². The number of amides is 1. The molecule has 3 aromatic rings. The maximum absolute atomic E-state index is 13.3. The van der Waals surface area contributed by atoms with E-state index in [1.54, 1.807) is 30.3 Å². The van der Waals surface area contributed by atoms with Crippen molar-refractivity contribution in [3.8, 4) is 0 Å². The van der Waals surface area contributed by atoms with Gasteiger partial charge in [-0.15, -0.1) is 24.0 Å². The van der Waals surface area contributed by atoms with Gasteiger partial charge in [-0.25, -0.2) is 4.39 Å². The highest BCUT2D eigenvalue weighted by Gasteiger charge is 2.33. The lowest BCUT2D eigenvalue weighted by Gasteiger charge is -2.16. The fraction of sp³-hybridized carbons (Fsp3) is 0.182. The van der Waals surface area contributed by atoms with E-state index in [0.29, 0.717) is 18.3 Å². The lowest BCUT2D eigenvalue weighted by atomic mass is 10.1. The molecule has 33 heavy (non-hydrogen) atoms. The van der Waals surface area contributed by atoms with Crippen molar-refractivity contribution < 1.29 is 26.8 Å². The van der Waals surface area contributed by atoms with Crippen molar-refractivity contribution in [2.75, 3.05) is 12.4 Å². The summed E-state index contributed by atoms with van der Waals surface area (Å²) in [6, 6.07) is 12.7. The van der Waals surface area contributed by atoms with Crippen LogP contribution in [0.2, 0.25) is 0 Å². The van der Waals surface area contributed by atoms with E-state index in [9.17, 15) is 22.4 Å². The largest absolute Gasteiger partial charge is 0.459 e. The SMILES string of the molecule is CN=C(NCc1cccc(NC(=O)c2ccco2)c1)NCc1ccc(F)cc1C(F)(F)F.I. The third-order valence-corrected chi connectivity index (χ3v) is 4.44. The summed E-state index contributed by atoms with van der Waals surface area (Å²) in [6.07, 6.45) is -3.27. The van der Waals surface area contributed by atoms with Crippen LogP contribution in [-0.4, -0.2) is 18.9 Å². The molecule has 0 fully saturated rings. The molecule has 3 rings (SSSR count). The fourth-order valence-corrected chi connectivity index (χ4v) is 2.91. The second-order valence-electron chi connectivity index (χ2n) is 6.71. The summed E-state index contributed by atoms with van der Waals surface area (Å²) in [5, 5.41) is 8.49. The Kier molecular flexibility index (Phi) is 9.26. The number of carbonyl (C=O) groups is 1. The number of nitrogens with zero attached hydrogens (tertiary/aromatic N) is 1. The monoisotopic (exact) mass is 576 g/mol. The summed E-state index contributed by atoms with van der Waals surface area (Å²) in [5.41, 5.74) is 0.197. The quantitative estimate of drug-likeness (QED) is 0.164. The van der Waals surface area contributed by atoms with Gasteiger partial charge in [-0.3, -0.25) is 9.79 Å². The van der Waals surface area contributed by atoms with Gasteiger partial charge in [-0.2, -0.15) is 13.2 Å². The van der Waals surface area contributed by atoms with E-state index in [1.807, 2.05) is 6.07 Å². The van der Waals surface area contributed by atoms with E-state index < -0.39 is 23.5 Å². The van der Waals surface area contributed by atoms with Gasteiger partial charge in [0.2, 0.25) is 0 Å². The number of carbonyl (C=O) groups excluding carboxylic acids is 1. The van der Waals surface area contributed by atoms with Gasteiger partial charge in [0.25, 0.3) is 5.91 Å². The lowest BCUT2D eigenvalue weighted by Crippen LogP contribution is -2.36. The highest BCUT2D eigenvalue weighted by Crippen LogP contribution is 2.32. The average molecular weight is 576 g/mol. The zero-order valence-electron chi connectivity index (χ0n) is 17.4. The van der Waals surface area contributed by atoms with Crippen molar-refractivity contribution >= 4 is 41.5 Å². The molecule has 0 bridgehead atoms. The Morgan fingerprint density at radius 1 is 1.03 bits per heavy atom. The van der Waals surface area contributed by atoms with Crippen LogP contribution in [0.5, 0.6) is 0 Å². The van der Waals surface area contributed by atoms with Crippen LogP contribution in [0.1, 0.15) is 27.2 Å². The Bertz CT molecular complexity index is 1100. The second-order valence-corrected chi connectivity index (χ2v) is 6.71. The zero-order chi connectivity index (χ0) is 23.1. The van der Waals surface area contributed by atoms with Gasteiger partial charge in [0.1, 0.15) is 5.82 Å². The Morgan fingerprint density at radius 3 is 2.45 bits per heavy atom. The number of alkyl halides is 3. The molecule has 2 aromatic carbocycles. The number of guanidine groups is 1. The van der Waals surface area contributed by atoms with Gasteiger partial charge in [-0.1, -0.05) is 18.2 Å². The first-order chi connectivity index (χ1) is 15.3. The molecule has 0 aliphatic heterocycles. The number of hydrogen-bond donors (Lipinski definition) is 3. The zero-order valence-corrected chi connectivity index (χ0v) is 19.7. The minimum atomic E-state index is -4.67. The lowest BCUT2D eigenvalue weighted by molar-refractivity contribution is -0.138. The molecule has 0 unspecified atom stereocenters. The standard InChI is InChI=1S/C22H20F4N4O2.HI/c1-27-21(29-13-15-7-8-16(23)11-18(15)22(24,25)26)28-12-14-4-2-5-17(10-14)30-20(31)19-6-3-9-32-19;/h2-11H,12-13H2,1H3,(H,30,31)(H2,27,28,29);1H. The van der Waals surface area contributed by atoms with Gasteiger partial charge in [-0.05, 0) is 47.5 Å². The number of rotatable bonds is 6. The molecule has 11 heteroatoms. The van der Waals surface area contributed by atoms with E-state index >= 15 is 0 Å². The maximum Gasteiger partial charge on any atom is 0.416 e. The molecule has 0 aliphatic rings. The van der Waals surface area contributed by atoms with Crippen molar-refractivity contribution in [3.05, 3.63) is 89.1 Å². The Labute approximate surface area is 204 Å². The normalized spacial score (nSPS) is 11.5. The molecule has 1 aromatic heterocycles. The maximum atomic E-state index is 13.3. The van der Waals surface area contributed by atoms with Crippen LogP contribution in [0, 0.1) is 5.82 Å². The minimum Gasteiger partial charge on any atom is -0.459 e. The van der Waals surface area contributed by atoms with Crippen LogP contribution >= 0.6 is 24.0 Å². The van der Waals surface area contributed by atoms with E-state index in [1.165, 1.54) is 13.3 Å². The Hall–Kier alpha value is -3.09. The van der Waals surface area contributed by atoms with Crippen molar-refractivity contribution in [2.45, 2.75) is 19.3 Å². The number of aliphatic imine (C=N–C) groups is 1. The second kappa shape index (κ2) is 11.7. The number of halogens is 5. The van der Waals surface area contributed by atoms with Crippen molar-refractivity contribution in [1.82, 2.24) is 10.6 Å². The first kappa shape index (κ1) is 26.2. The van der Waals surface area contributed by atoms with Crippen LogP contribution in [0.25, 0.3) is 0 Å². The minimum absolute atomic E-state index is 0. The molecule has 0 aliphatic carbocycles. The van der Waals surface area contributed by atoms with Crippen LogP contribution in [0.3, 0.4) is 0 Å². The highest BCUT2D eigenvalue weighted by molar-refractivity contribution is 14.0. The van der Waals surface area contributed by atoms with E-state index in [-0.39, 0.29) is 47.8 Å². The first-order valence-electron chi connectivity index (χ1n) is 9.50. The molecule has 0 saturated heterocycles. The molecule has 3 N–H and O–H groups in total. The van der Waals surface area contributed by atoms with Gasteiger partial charge >= 0.3 is 6.18 Å². The summed E-state index contributed by atoms with van der Waals surface area (Å²) in [5.74, 6) is -0.912. The summed E-state index contributed by atoms with van der Waals surface area (Å²) in [7, 11) is 1.48. The number of benzene rings is 2. The van der Waals surface area contributed by atoms with Crippen molar-refractivity contribution in [3.63, 3.8) is 0 Å². The van der Waals surface area contributed by atoms with Crippen LogP contribution in [0.15, 0.2) is 70.3 Å². The molecule has 6 nitrogen and oxygen atoms in total. The van der Waals surface area contributed by atoms with Crippen LogP contribution < -0.4 is 16.0 Å². The number of anilines is 1. The summed E-state index contributed by atoms with van der Waals surface area (Å²) in [6.45, 7) is 0.0910. The molecule has 176 valence electrons. The number of furan rings is 1. The highest BCUT2D eigenvalue weighted by atomic mass is 127. The first-order valence-corrected chi connectivity index (χ1v) is 9.50. The molecule has 0 saturated carbocycles. The van der Waals surface area contributed by atoms with Crippen LogP contribution in [0.4, 0.5) is 23.2 Å². The van der Waals surface area contributed by atoms with Crippen molar-refractivity contribution in [2.24, 2.45) is 4.99 Å². The van der Waals surface area contributed by atoms with Gasteiger partial charge in [0.15, 0.2) is 11.7 Å². The average Bonchev–Trinajstić information content (AvgIpc) is 3.29. The molecule has 1 heterocycles. The smallest absolute Gasteiger partial charge is 0.416 e. The number of hydrogen-bond acceptors (Lipinski definition) is 3. The van der Waals surface area contributed by atoms with E-state index in [0.717, 1.165) is 17.7 Å². The predicted octanol–water partition coefficient (Wildman–Crippen LogP) is 5.17. The molecule has 1 amide bonds. The molecule has 0 radical (unpaired) electrons. The Balaban J connectivity index is 0.00000385. The van der Waals surface area contributed by atoms with Gasteiger partial charge in [0.05, 0.1) is 11.8 Å².